The van der Waals surface area contributed by atoms with Gasteiger partial charge in [-0.05, 0) is 55.2 Å². The Morgan fingerprint density at radius 2 is 1.84 bits per heavy atom. The largest absolute Gasteiger partial charge is 0.357 e. The molecule has 38 heavy (non-hydrogen) atoms. The zero-order chi connectivity index (χ0) is 27.2. The molecule has 1 saturated carbocycles. The molecule has 0 radical (unpaired) electrons. The molecule has 2 aliphatic heterocycles. The van der Waals surface area contributed by atoms with E-state index in [4.69, 9.17) is 0 Å². The molecule has 2 N–H and O–H groups in total. The first-order valence-electron chi connectivity index (χ1n) is 14.0. The van der Waals surface area contributed by atoms with Gasteiger partial charge in [-0.25, -0.2) is 0 Å². The number of nitrogens with one attached hydrogen (secondary N) is 2. The van der Waals surface area contributed by atoms with Crippen molar-refractivity contribution >= 4 is 34.4 Å². The van der Waals surface area contributed by atoms with Crippen LogP contribution in [0.4, 0.5) is 0 Å². The van der Waals surface area contributed by atoms with E-state index in [0.717, 1.165) is 60.6 Å². The molecule has 1 aromatic carbocycles. The van der Waals surface area contributed by atoms with Gasteiger partial charge in [0.2, 0.25) is 17.7 Å². The first-order chi connectivity index (χ1) is 18.1. The van der Waals surface area contributed by atoms with Crippen molar-refractivity contribution in [2.75, 3.05) is 13.6 Å². The van der Waals surface area contributed by atoms with Gasteiger partial charge in [0.15, 0.2) is 5.78 Å². The molecule has 3 amide bonds. The monoisotopic (exact) mass is 521 g/mol. The number of piperidine rings is 1. The molecule has 0 unspecified atom stereocenters. The van der Waals surface area contributed by atoms with Crippen LogP contribution >= 0.6 is 0 Å². The number of hydrogen-bond acceptors (Lipinski definition) is 5. The number of rotatable bonds is 3. The number of hydrogen-bond donors (Lipinski definition) is 2. The van der Waals surface area contributed by atoms with Crippen molar-refractivity contribution in [1.29, 1.82) is 0 Å². The Morgan fingerprint density at radius 3 is 2.53 bits per heavy atom. The molecule has 2 bridgehead atoms. The molecule has 3 aliphatic rings. The van der Waals surface area contributed by atoms with Crippen LogP contribution in [0.3, 0.4) is 0 Å². The van der Waals surface area contributed by atoms with Gasteiger partial charge in [0.05, 0.1) is 5.52 Å². The Morgan fingerprint density at radius 1 is 1.11 bits per heavy atom. The normalized spacial score (nSPS) is 26.2. The average Bonchev–Trinajstić information content (AvgIpc) is 3.29. The highest BCUT2D eigenvalue weighted by Crippen LogP contribution is 2.59. The molecule has 9 heteroatoms. The minimum absolute atomic E-state index is 0.0375. The van der Waals surface area contributed by atoms with E-state index in [9.17, 15) is 19.2 Å². The van der Waals surface area contributed by atoms with Crippen molar-refractivity contribution in [2.24, 2.45) is 5.41 Å². The van der Waals surface area contributed by atoms with Gasteiger partial charge in [-0.15, -0.1) is 0 Å². The maximum absolute atomic E-state index is 13.9. The second kappa shape index (κ2) is 10.2. The highest BCUT2D eigenvalue weighted by molar-refractivity contribution is 6.06. The third-order valence-electron chi connectivity index (χ3n) is 8.72. The summed E-state index contributed by atoms with van der Waals surface area (Å²) < 4.78 is 1.69. The van der Waals surface area contributed by atoms with Gasteiger partial charge in [-0.2, -0.15) is 5.10 Å². The fourth-order valence-corrected chi connectivity index (χ4v) is 6.49. The summed E-state index contributed by atoms with van der Waals surface area (Å²) in [6.45, 7) is 6.22. The molecular weight excluding hydrogens is 482 g/mol. The van der Waals surface area contributed by atoms with E-state index in [2.05, 4.69) is 35.6 Å². The minimum atomic E-state index is -0.580. The van der Waals surface area contributed by atoms with Crippen LogP contribution in [0.1, 0.15) is 93.3 Å². The first-order valence-corrected chi connectivity index (χ1v) is 14.0. The summed E-state index contributed by atoms with van der Waals surface area (Å²) in [7, 11) is 1.58. The van der Waals surface area contributed by atoms with Crippen molar-refractivity contribution in [3.05, 3.63) is 29.0 Å². The van der Waals surface area contributed by atoms with Crippen LogP contribution < -0.4 is 10.6 Å². The number of amides is 3. The lowest BCUT2D eigenvalue weighted by Crippen LogP contribution is -2.48. The number of carbonyl (C=O) groups excluding carboxylic acids is 4. The molecule has 5 rings (SSSR count). The summed E-state index contributed by atoms with van der Waals surface area (Å²) >= 11 is 0. The maximum Gasteiger partial charge on any atom is 0.245 e. The third kappa shape index (κ3) is 4.71. The number of ketones is 1. The highest BCUT2D eigenvalue weighted by atomic mass is 16.2. The molecule has 1 aliphatic carbocycles. The summed E-state index contributed by atoms with van der Waals surface area (Å²) in [5.74, 6) is -0.181. The number of nitrogens with zero attached hydrogens (tertiary/aromatic N) is 3. The van der Waals surface area contributed by atoms with Crippen molar-refractivity contribution in [1.82, 2.24) is 25.3 Å². The second-order valence-corrected chi connectivity index (χ2v) is 11.7. The van der Waals surface area contributed by atoms with Gasteiger partial charge in [0, 0.05) is 43.8 Å². The van der Waals surface area contributed by atoms with Gasteiger partial charge < -0.3 is 15.5 Å². The van der Waals surface area contributed by atoms with Crippen LogP contribution in [0, 0.1) is 5.41 Å². The maximum atomic E-state index is 13.9. The third-order valence-corrected chi connectivity index (χ3v) is 8.72. The van der Waals surface area contributed by atoms with Crippen LogP contribution in [-0.4, -0.2) is 63.9 Å². The predicted molar refractivity (Wildman–Crippen MR) is 144 cm³/mol. The zero-order valence-corrected chi connectivity index (χ0v) is 22.9. The minimum Gasteiger partial charge on any atom is -0.357 e. The lowest BCUT2D eigenvalue weighted by Gasteiger charge is -2.26. The number of aryl methyl sites for hydroxylation is 1. The standard InChI is InChI=1S/C29H39N5O4/c1-17(2)20-11-19-9-7-5-6-8-10-24(36)31-16-29-13-22(28(38)30-4)34(23(29)14-29)25(37)15-33-27(19)21(12-20)26(32-33)18(3)35/h11-12,17,22-23H,5-10,13-16H2,1-4H3,(H,30,38)(H,31,36)/t22-,23+,29-/m0/s1. The predicted octanol–water partition coefficient (Wildman–Crippen LogP) is 3.09. The number of carbonyl (C=O) groups is 4. The fourth-order valence-electron chi connectivity index (χ4n) is 6.49. The van der Waals surface area contributed by atoms with Crippen LogP contribution in [-0.2, 0) is 27.3 Å². The first kappa shape index (κ1) is 26.4. The summed E-state index contributed by atoms with van der Waals surface area (Å²) in [4.78, 5) is 53.6. The van der Waals surface area contributed by atoms with Gasteiger partial charge in [0.1, 0.15) is 18.3 Å². The number of likely N-dealkylation sites (N-methyl/N-ethyl adjacent to an activating group) is 1. The van der Waals surface area contributed by atoms with E-state index >= 15 is 0 Å². The molecule has 3 atom stereocenters. The molecule has 2 aromatic rings. The Balaban J connectivity index is 1.58. The van der Waals surface area contributed by atoms with Crippen molar-refractivity contribution in [2.45, 2.75) is 96.7 Å². The van der Waals surface area contributed by atoms with Gasteiger partial charge in [-0.3, -0.25) is 23.9 Å². The van der Waals surface area contributed by atoms with Crippen molar-refractivity contribution in [3.63, 3.8) is 0 Å². The quantitative estimate of drug-likeness (QED) is 0.603. The van der Waals surface area contributed by atoms with E-state index in [0.29, 0.717) is 25.1 Å². The molecule has 1 aromatic heterocycles. The number of benzene rings is 1. The SMILES string of the molecule is CNC(=O)[C@@H]1C[C@]23CNC(=O)CCCCCCc4cc(C(C)C)cc5c(C(C)=O)nn(c45)CC(=O)N1[C@@H]2C3. The van der Waals surface area contributed by atoms with Gasteiger partial charge in [-0.1, -0.05) is 32.8 Å². The molecule has 3 heterocycles. The molecule has 0 spiro atoms. The Labute approximate surface area is 223 Å². The smallest absolute Gasteiger partial charge is 0.245 e. The Bertz CT molecular complexity index is 1300. The van der Waals surface area contributed by atoms with Gasteiger partial charge >= 0.3 is 0 Å². The fraction of sp³-hybridized carbons (Fsp3) is 0.621. The molecule has 2 fully saturated rings. The van der Waals surface area contributed by atoms with E-state index in [1.165, 1.54) is 6.92 Å². The van der Waals surface area contributed by atoms with E-state index in [1.54, 1.807) is 16.6 Å². The molecular formula is C29H39N5O4. The highest BCUT2D eigenvalue weighted by Gasteiger charge is 2.67. The summed E-state index contributed by atoms with van der Waals surface area (Å²) in [6, 6.07) is 3.57. The molecule has 204 valence electrons. The topological polar surface area (TPSA) is 113 Å². The van der Waals surface area contributed by atoms with Crippen LogP contribution in [0.15, 0.2) is 12.1 Å². The molecule has 1 saturated heterocycles. The number of aromatic nitrogens is 2. The van der Waals surface area contributed by atoms with Crippen molar-refractivity contribution in [3.8, 4) is 0 Å². The van der Waals surface area contributed by atoms with E-state index in [-0.39, 0.29) is 47.4 Å². The van der Waals surface area contributed by atoms with Gasteiger partial charge in [0.25, 0.3) is 0 Å². The number of Topliss-reactive ketones (excluding diaryl/α,β-unsaturated/α-hetero) is 1. The van der Waals surface area contributed by atoms with Crippen LogP contribution in [0.5, 0.6) is 0 Å². The lowest BCUT2D eigenvalue weighted by molar-refractivity contribution is -0.140. The second-order valence-electron chi connectivity index (χ2n) is 11.7. The Kier molecular flexibility index (Phi) is 7.05. The van der Waals surface area contributed by atoms with Crippen LogP contribution in [0.2, 0.25) is 0 Å². The van der Waals surface area contributed by atoms with Crippen molar-refractivity contribution < 1.29 is 19.2 Å². The summed E-state index contributed by atoms with van der Waals surface area (Å²) in [5, 5.41) is 11.3. The van der Waals surface area contributed by atoms with E-state index in [1.807, 2.05) is 6.07 Å². The Hall–Kier alpha value is -3.23. The van der Waals surface area contributed by atoms with Crippen LogP contribution in [0.25, 0.3) is 10.9 Å². The average molecular weight is 522 g/mol. The van der Waals surface area contributed by atoms with E-state index < -0.39 is 6.04 Å². The molecule has 9 nitrogen and oxygen atoms in total. The lowest BCUT2D eigenvalue weighted by atomic mass is 9.94. The zero-order valence-electron chi connectivity index (χ0n) is 22.9. The summed E-state index contributed by atoms with van der Waals surface area (Å²) in [6.07, 6.45) is 6.35. The summed E-state index contributed by atoms with van der Waals surface area (Å²) in [5.41, 5.74) is 3.20.